The van der Waals surface area contributed by atoms with E-state index in [1.807, 2.05) is 19.1 Å². The molecule has 2 saturated heterocycles. The van der Waals surface area contributed by atoms with Crippen molar-refractivity contribution in [2.45, 2.75) is 116 Å². The molecule has 3 N–H and O–H groups in total. The number of benzene rings is 2. The number of halogens is 1. The van der Waals surface area contributed by atoms with Gasteiger partial charge in [-0.05, 0) is 129 Å². The molecule has 4 atom stereocenters. The number of aromatic nitrogens is 1. The molecule has 1 aromatic heterocycles. The normalized spacial score (nSPS) is 25.2. The monoisotopic (exact) mass is 793 g/mol. The molecule has 1 unspecified atom stereocenters. The van der Waals surface area contributed by atoms with Gasteiger partial charge < -0.3 is 25.0 Å². The number of fused-ring (bicyclic) bond motifs is 2. The van der Waals surface area contributed by atoms with Crippen LogP contribution in [0.1, 0.15) is 125 Å². The van der Waals surface area contributed by atoms with E-state index in [9.17, 15) is 19.5 Å². The number of piperidine rings is 2. The average molecular weight is 794 g/mol. The summed E-state index contributed by atoms with van der Waals surface area (Å²) in [5.74, 6) is -0.574. The Kier molecular flexibility index (Phi) is 12.4. The molecule has 1 saturated carbocycles. The van der Waals surface area contributed by atoms with Crippen LogP contribution in [0.5, 0.6) is 11.6 Å². The topological polar surface area (TPSA) is 124 Å². The molecule has 3 amide bonds. The number of carbonyl (C=O) groups excluding carboxylic acids is 3. The number of hydrogen-bond donors (Lipinski definition) is 3. The number of carbonyl (C=O) groups is 3. The lowest BCUT2D eigenvalue weighted by Gasteiger charge is -2.52. The van der Waals surface area contributed by atoms with Crippen LogP contribution in [0.15, 0.2) is 66.7 Å². The van der Waals surface area contributed by atoms with Crippen molar-refractivity contribution < 1.29 is 28.6 Å². The third-order valence-corrected chi connectivity index (χ3v) is 13.3. The smallest absolute Gasteiger partial charge is 0.270 e. The van der Waals surface area contributed by atoms with Gasteiger partial charge in [0, 0.05) is 44.1 Å². The summed E-state index contributed by atoms with van der Waals surface area (Å²) in [7, 11) is 0. The highest BCUT2D eigenvalue weighted by Crippen LogP contribution is 2.54. The molecule has 2 aliphatic carbocycles. The summed E-state index contributed by atoms with van der Waals surface area (Å²) in [6.45, 7) is 11.0. The number of alkyl halides is 1. The zero-order valence-corrected chi connectivity index (χ0v) is 34.6. The number of nitrogens with zero attached hydrogens (tertiary/aromatic N) is 3. The predicted octanol–water partition coefficient (Wildman–Crippen LogP) is 8.37. The van der Waals surface area contributed by atoms with Gasteiger partial charge in [0.25, 0.3) is 5.91 Å². The van der Waals surface area contributed by atoms with Crippen molar-refractivity contribution in [1.82, 2.24) is 15.6 Å². The van der Waals surface area contributed by atoms with Crippen LogP contribution in [0.3, 0.4) is 0 Å². The molecule has 5 aliphatic rings. The van der Waals surface area contributed by atoms with Crippen molar-refractivity contribution in [2.24, 2.45) is 17.3 Å². The molecule has 3 aliphatic heterocycles. The van der Waals surface area contributed by atoms with Crippen molar-refractivity contribution in [3.05, 3.63) is 89.1 Å². The Hall–Kier alpha value is -4.93. The van der Waals surface area contributed by atoms with E-state index in [-0.39, 0.29) is 43.4 Å². The van der Waals surface area contributed by atoms with E-state index in [1.165, 1.54) is 73.6 Å². The SMILES string of the molecule is C/C=C/[C@H]1CCc2cc(O)ccc2[C@H]1c1ccc(N2CCC3(CC2)CC(CC)C3)cc1.CCCN1c2ccc(C(=O)N[C@H]3CCC(=O)NC3=O)nc2OCC1(F)CC. The van der Waals surface area contributed by atoms with Crippen molar-refractivity contribution in [1.29, 1.82) is 0 Å². The Morgan fingerprint density at radius 2 is 1.79 bits per heavy atom. The fourth-order valence-electron chi connectivity index (χ4n) is 9.95. The van der Waals surface area contributed by atoms with Crippen LogP contribution in [-0.2, 0) is 16.0 Å². The minimum Gasteiger partial charge on any atom is -0.508 e. The maximum atomic E-state index is 15.1. The molecular formula is C47H60FN5O5. The summed E-state index contributed by atoms with van der Waals surface area (Å²) in [5.41, 5.74) is 6.72. The lowest BCUT2D eigenvalue weighted by molar-refractivity contribution is -0.134. The van der Waals surface area contributed by atoms with Crippen LogP contribution in [0, 0.1) is 17.3 Å². The maximum Gasteiger partial charge on any atom is 0.270 e. The van der Waals surface area contributed by atoms with Gasteiger partial charge in [0.15, 0.2) is 0 Å². The van der Waals surface area contributed by atoms with Gasteiger partial charge in [-0.25, -0.2) is 9.37 Å². The lowest BCUT2D eigenvalue weighted by atomic mass is 9.57. The molecule has 0 bridgehead atoms. The minimum atomic E-state index is -1.61. The first-order valence-corrected chi connectivity index (χ1v) is 21.5. The number of rotatable bonds is 9. The minimum absolute atomic E-state index is 0.0674. The average Bonchev–Trinajstić information content (AvgIpc) is 3.22. The summed E-state index contributed by atoms with van der Waals surface area (Å²) >= 11 is 0. The standard InChI is InChI=1S/C29H37NO.C18H23FN4O4/c1-3-5-22-6-7-24-18-26(31)12-13-27(24)28(22)23-8-10-25(11-9-23)30-16-14-29(15-17-30)19-21(4-2)20-29;1-3-9-23-13-7-5-12(21-17(13)27-10-18(23,19)4-2)15(25)20-11-6-8-14(24)22-16(11)26/h3,5,8-13,18,21-22,28,31H,4,6-7,14-17,19-20H2,1-2H3;5,7,11H,3-4,6,8-10H2,1-2H3,(H,20,25)(H,22,24,26)/b5-3+;/t22-,28+;11-,18?/m00/s1. The molecule has 8 rings (SSSR count). The van der Waals surface area contributed by atoms with Gasteiger partial charge in [0.05, 0.1) is 0 Å². The van der Waals surface area contributed by atoms with Gasteiger partial charge in [-0.1, -0.05) is 57.5 Å². The predicted molar refractivity (Wildman–Crippen MR) is 225 cm³/mol. The molecule has 3 aromatic rings. The van der Waals surface area contributed by atoms with Crippen molar-refractivity contribution >= 4 is 29.1 Å². The molecule has 10 nitrogen and oxygen atoms in total. The van der Waals surface area contributed by atoms with E-state index in [2.05, 4.69) is 76.8 Å². The fourth-order valence-corrected chi connectivity index (χ4v) is 9.95. The van der Waals surface area contributed by atoms with Gasteiger partial charge in [0.1, 0.15) is 29.8 Å². The summed E-state index contributed by atoms with van der Waals surface area (Å²) in [6.07, 6.45) is 15.2. The second-order valence-corrected chi connectivity index (χ2v) is 17.1. The molecule has 3 fully saturated rings. The van der Waals surface area contributed by atoms with Crippen molar-refractivity contribution in [2.75, 3.05) is 36.0 Å². The highest BCUT2D eigenvalue weighted by atomic mass is 19.1. The number of nitrogens with one attached hydrogen (secondary N) is 2. The first-order valence-electron chi connectivity index (χ1n) is 21.5. The summed E-state index contributed by atoms with van der Waals surface area (Å²) in [4.78, 5) is 43.8. The third kappa shape index (κ3) is 8.59. The van der Waals surface area contributed by atoms with Crippen LogP contribution in [0.2, 0.25) is 0 Å². The number of hydrogen-bond acceptors (Lipinski definition) is 8. The number of allylic oxidation sites excluding steroid dienone is 2. The van der Waals surface area contributed by atoms with Gasteiger partial charge in [-0.3, -0.25) is 19.7 Å². The number of aryl methyl sites for hydroxylation is 1. The van der Waals surface area contributed by atoms with Gasteiger partial charge >= 0.3 is 0 Å². The van der Waals surface area contributed by atoms with E-state index < -0.39 is 23.6 Å². The van der Waals surface area contributed by atoms with Crippen molar-refractivity contribution in [3.8, 4) is 11.6 Å². The van der Waals surface area contributed by atoms with Crippen LogP contribution in [-0.4, -0.2) is 65.9 Å². The van der Waals surface area contributed by atoms with Gasteiger partial charge in [0.2, 0.25) is 23.5 Å². The number of ether oxygens (including phenoxy) is 1. The summed E-state index contributed by atoms with van der Waals surface area (Å²) in [5, 5.41) is 14.7. The Bertz CT molecular complexity index is 1990. The second-order valence-electron chi connectivity index (χ2n) is 17.1. The molecule has 11 heteroatoms. The van der Waals surface area contributed by atoms with E-state index >= 15 is 4.39 Å². The maximum absolute atomic E-state index is 15.1. The van der Waals surface area contributed by atoms with E-state index in [0.29, 0.717) is 35.2 Å². The number of aromatic hydroxyl groups is 1. The Balaban J connectivity index is 0.000000179. The highest BCUT2D eigenvalue weighted by Gasteiger charge is 2.45. The number of imide groups is 1. The number of anilines is 2. The Morgan fingerprint density at radius 1 is 1.03 bits per heavy atom. The molecule has 4 heterocycles. The third-order valence-electron chi connectivity index (χ3n) is 13.3. The number of pyridine rings is 1. The Morgan fingerprint density at radius 3 is 2.47 bits per heavy atom. The fraction of sp³-hybridized carbons (Fsp3) is 0.532. The largest absolute Gasteiger partial charge is 0.508 e. The molecule has 1 spiro atoms. The van der Waals surface area contributed by atoms with Crippen LogP contribution < -0.4 is 25.2 Å². The number of phenolic OH excluding ortho intramolecular Hbond substituents is 1. The lowest BCUT2D eigenvalue weighted by Crippen LogP contribution is -2.53. The number of amides is 3. The zero-order chi connectivity index (χ0) is 41.0. The molecule has 0 radical (unpaired) electrons. The molecule has 58 heavy (non-hydrogen) atoms. The van der Waals surface area contributed by atoms with Crippen molar-refractivity contribution in [3.63, 3.8) is 0 Å². The summed E-state index contributed by atoms with van der Waals surface area (Å²) in [6, 6.07) is 17.7. The Labute approximate surface area is 342 Å². The zero-order valence-electron chi connectivity index (χ0n) is 34.6. The van der Waals surface area contributed by atoms with E-state index in [0.717, 1.165) is 25.2 Å². The van der Waals surface area contributed by atoms with Crippen LogP contribution >= 0.6 is 0 Å². The van der Waals surface area contributed by atoms with Crippen LogP contribution in [0.4, 0.5) is 15.8 Å². The molecular weight excluding hydrogens is 734 g/mol. The van der Waals surface area contributed by atoms with Gasteiger partial charge in [-0.15, -0.1) is 0 Å². The molecule has 310 valence electrons. The highest BCUT2D eigenvalue weighted by molar-refractivity contribution is 6.03. The second kappa shape index (κ2) is 17.5. The number of phenols is 1. The first kappa shape index (κ1) is 41.2. The van der Waals surface area contributed by atoms with E-state index in [1.54, 1.807) is 17.9 Å². The quantitative estimate of drug-likeness (QED) is 0.112. The first-order chi connectivity index (χ1) is 28.0. The summed E-state index contributed by atoms with van der Waals surface area (Å²) < 4.78 is 20.6. The van der Waals surface area contributed by atoms with Gasteiger partial charge in [-0.2, -0.15) is 0 Å². The van der Waals surface area contributed by atoms with Crippen LogP contribution in [0.25, 0.3) is 0 Å². The molecule has 2 aromatic carbocycles. The van der Waals surface area contributed by atoms with E-state index in [4.69, 9.17) is 4.74 Å².